The number of hydrogen-bond acceptors (Lipinski definition) is 5. The quantitative estimate of drug-likeness (QED) is 0.728. The van der Waals surface area contributed by atoms with E-state index in [-0.39, 0.29) is 11.4 Å². The molecule has 0 bridgehead atoms. The van der Waals surface area contributed by atoms with Crippen LogP contribution in [-0.2, 0) is 14.8 Å². The largest absolute Gasteiger partial charge is 0.497 e. The predicted octanol–water partition coefficient (Wildman–Crippen LogP) is 2.51. The van der Waals surface area contributed by atoms with E-state index in [1.165, 1.54) is 19.2 Å². The topological polar surface area (TPSA) is 84.9 Å². The van der Waals surface area contributed by atoms with Gasteiger partial charge in [0.1, 0.15) is 11.5 Å². The van der Waals surface area contributed by atoms with Gasteiger partial charge in [0.15, 0.2) is 0 Å². The number of hydrogen-bond donors (Lipinski definition) is 1. The standard InChI is InChI=1S/C20H26N2O5S/c1-14-6-9-17(10-7-14)28(24,25)22(3)13-20(23)21-15(2)18-12-16(26-4)8-11-19(18)27-5/h6-12,15H,13H2,1-5H3,(H,21,23)/t15-/m1/s1. The summed E-state index contributed by atoms with van der Waals surface area (Å²) in [5.74, 6) is 0.820. The highest BCUT2D eigenvalue weighted by Crippen LogP contribution is 2.29. The summed E-state index contributed by atoms with van der Waals surface area (Å²) in [6.07, 6.45) is 0. The van der Waals surface area contributed by atoms with Gasteiger partial charge in [-0.15, -0.1) is 0 Å². The molecule has 7 nitrogen and oxygen atoms in total. The summed E-state index contributed by atoms with van der Waals surface area (Å²) in [6.45, 7) is 3.37. The minimum Gasteiger partial charge on any atom is -0.497 e. The second kappa shape index (κ2) is 9.07. The molecule has 0 saturated carbocycles. The molecule has 1 amide bonds. The van der Waals surface area contributed by atoms with Crippen molar-refractivity contribution in [1.82, 2.24) is 9.62 Å². The number of nitrogens with zero attached hydrogens (tertiary/aromatic N) is 1. The zero-order valence-electron chi connectivity index (χ0n) is 16.7. The van der Waals surface area contributed by atoms with Gasteiger partial charge >= 0.3 is 0 Å². The highest BCUT2D eigenvalue weighted by atomic mass is 32.2. The molecule has 2 aromatic rings. The lowest BCUT2D eigenvalue weighted by molar-refractivity contribution is -0.121. The highest BCUT2D eigenvalue weighted by Gasteiger charge is 2.24. The van der Waals surface area contributed by atoms with Crippen molar-refractivity contribution >= 4 is 15.9 Å². The maximum atomic E-state index is 12.6. The summed E-state index contributed by atoms with van der Waals surface area (Å²) in [5, 5.41) is 2.81. The molecule has 0 radical (unpaired) electrons. The molecule has 2 aromatic carbocycles. The Kier molecular flexibility index (Phi) is 7.04. The Morgan fingerprint density at radius 3 is 2.32 bits per heavy atom. The number of carbonyl (C=O) groups is 1. The molecular formula is C20H26N2O5S. The number of benzene rings is 2. The Bertz CT molecular complexity index is 926. The fourth-order valence-corrected chi connectivity index (χ4v) is 3.85. The van der Waals surface area contributed by atoms with E-state index >= 15 is 0 Å². The summed E-state index contributed by atoms with van der Waals surface area (Å²) in [4.78, 5) is 12.6. The molecule has 1 N–H and O–H groups in total. The Labute approximate surface area is 166 Å². The van der Waals surface area contributed by atoms with E-state index < -0.39 is 22.0 Å². The summed E-state index contributed by atoms with van der Waals surface area (Å²) in [5.41, 5.74) is 1.69. The van der Waals surface area contributed by atoms with Gasteiger partial charge in [0.2, 0.25) is 15.9 Å². The van der Waals surface area contributed by atoms with Crippen molar-refractivity contribution in [3.05, 3.63) is 53.6 Å². The Balaban J connectivity index is 2.10. The molecule has 0 saturated heterocycles. The number of ether oxygens (including phenoxy) is 2. The monoisotopic (exact) mass is 406 g/mol. The summed E-state index contributed by atoms with van der Waals surface area (Å²) >= 11 is 0. The van der Waals surface area contributed by atoms with Gasteiger partial charge < -0.3 is 14.8 Å². The molecular weight excluding hydrogens is 380 g/mol. The van der Waals surface area contributed by atoms with Crippen LogP contribution in [0.5, 0.6) is 11.5 Å². The van der Waals surface area contributed by atoms with Gasteiger partial charge in [-0.25, -0.2) is 8.42 Å². The van der Waals surface area contributed by atoms with Crippen molar-refractivity contribution in [1.29, 1.82) is 0 Å². The van der Waals surface area contributed by atoms with E-state index in [0.29, 0.717) is 11.5 Å². The van der Waals surface area contributed by atoms with Crippen LogP contribution in [0.15, 0.2) is 47.4 Å². The summed E-state index contributed by atoms with van der Waals surface area (Å²) < 4.78 is 36.8. The predicted molar refractivity (Wildman–Crippen MR) is 107 cm³/mol. The lowest BCUT2D eigenvalue weighted by Gasteiger charge is -2.21. The molecule has 152 valence electrons. The summed E-state index contributed by atoms with van der Waals surface area (Å²) in [7, 11) is 0.732. The van der Waals surface area contributed by atoms with Gasteiger partial charge in [-0.05, 0) is 44.2 Å². The van der Waals surface area contributed by atoms with Gasteiger partial charge in [0.05, 0.1) is 31.7 Å². The third-order valence-corrected chi connectivity index (χ3v) is 6.19. The van der Waals surface area contributed by atoms with Crippen molar-refractivity contribution in [2.75, 3.05) is 27.8 Å². The molecule has 0 spiro atoms. The molecule has 0 aromatic heterocycles. The Morgan fingerprint density at radius 2 is 1.75 bits per heavy atom. The van der Waals surface area contributed by atoms with Crippen LogP contribution in [0.2, 0.25) is 0 Å². The first-order chi connectivity index (χ1) is 13.2. The van der Waals surface area contributed by atoms with Crippen LogP contribution in [0.4, 0.5) is 0 Å². The molecule has 0 fully saturated rings. The van der Waals surface area contributed by atoms with Gasteiger partial charge in [-0.3, -0.25) is 4.79 Å². The number of amides is 1. The minimum absolute atomic E-state index is 0.149. The fraction of sp³-hybridized carbons (Fsp3) is 0.350. The zero-order chi connectivity index (χ0) is 20.9. The van der Waals surface area contributed by atoms with E-state index in [4.69, 9.17) is 9.47 Å². The Morgan fingerprint density at radius 1 is 1.11 bits per heavy atom. The van der Waals surface area contributed by atoms with E-state index in [1.807, 2.05) is 6.92 Å². The number of rotatable bonds is 8. The van der Waals surface area contributed by atoms with Crippen LogP contribution in [-0.4, -0.2) is 46.4 Å². The molecule has 8 heteroatoms. The van der Waals surface area contributed by atoms with Crippen LogP contribution < -0.4 is 14.8 Å². The number of methoxy groups -OCH3 is 2. The zero-order valence-corrected chi connectivity index (χ0v) is 17.5. The van der Waals surface area contributed by atoms with Crippen LogP contribution in [0.25, 0.3) is 0 Å². The normalized spacial score (nSPS) is 12.5. The first-order valence-electron chi connectivity index (χ1n) is 8.73. The van der Waals surface area contributed by atoms with E-state index in [0.717, 1.165) is 15.4 Å². The van der Waals surface area contributed by atoms with Crippen LogP contribution >= 0.6 is 0 Å². The number of aryl methyl sites for hydroxylation is 1. The van der Waals surface area contributed by atoms with Crippen LogP contribution in [0.3, 0.4) is 0 Å². The average molecular weight is 407 g/mol. The first-order valence-corrected chi connectivity index (χ1v) is 10.2. The lowest BCUT2D eigenvalue weighted by Crippen LogP contribution is -2.39. The molecule has 0 heterocycles. The fourth-order valence-electron chi connectivity index (χ4n) is 2.72. The molecule has 28 heavy (non-hydrogen) atoms. The molecule has 2 rings (SSSR count). The smallest absolute Gasteiger partial charge is 0.243 e. The van der Waals surface area contributed by atoms with Crippen molar-refractivity contribution in [3.63, 3.8) is 0 Å². The lowest BCUT2D eigenvalue weighted by atomic mass is 10.1. The van der Waals surface area contributed by atoms with Crippen molar-refractivity contribution in [3.8, 4) is 11.5 Å². The van der Waals surface area contributed by atoms with Gasteiger partial charge in [-0.1, -0.05) is 17.7 Å². The number of likely N-dealkylation sites (N-methyl/N-ethyl adjacent to an activating group) is 1. The van der Waals surface area contributed by atoms with Gasteiger partial charge in [-0.2, -0.15) is 4.31 Å². The van der Waals surface area contributed by atoms with E-state index in [9.17, 15) is 13.2 Å². The van der Waals surface area contributed by atoms with E-state index in [1.54, 1.807) is 51.5 Å². The second-order valence-electron chi connectivity index (χ2n) is 6.47. The minimum atomic E-state index is -3.75. The molecule has 0 unspecified atom stereocenters. The first kappa shape index (κ1) is 21.7. The molecule has 0 aliphatic rings. The van der Waals surface area contributed by atoms with Crippen molar-refractivity contribution < 1.29 is 22.7 Å². The highest BCUT2D eigenvalue weighted by molar-refractivity contribution is 7.89. The van der Waals surface area contributed by atoms with Gasteiger partial charge in [0, 0.05) is 12.6 Å². The number of carbonyl (C=O) groups excluding carboxylic acids is 1. The number of sulfonamides is 1. The maximum Gasteiger partial charge on any atom is 0.243 e. The van der Waals surface area contributed by atoms with Crippen molar-refractivity contribution in [2.24, 2.45) is 0 Å². The molecule has 0 aliphatic carbocycles. The Hall–Kier alpha value is -2.58. The van der Waals surface area contributed by atoms with Crippen molar-refractivity contribution in [2.45, 2.75) is 24.8 Å². The van der Waals surface area contributed by atoms with Gasteiger partial charge in [0.25, 0.3) is 0 Å². The third-order valence-electron chi connectivity index (χ3n) is 4.38. The summed E-state index contributed by atoms with van der Waals surface area (Å²) in [6, 6.07) is 11.4. The number of nitrogens with one attached hydrogen (secondary N) is 1. The average Bonchev–Trinajstić information content (AvgIpc) is 2.67. The maximum absolute atomic E-state index is 12.6. The third kappa shape index (κ3) is 5.02. The van der Waals surface area contributed by atoms with Crippen LogP contribution in [0.1, 0.15) is 24.1 Å². The van der Waals surface area contributed by atoms with Crippen LogP contribution in [0, 0.1) is 6.92 Å². The van der Waals surface area contributed by atoms with E-state index in [2.05, 4.69) is 5.32 Å². The second-order valence-corrected chi connectivity index (χ2v) is 8.52. The molecule has 1 atom stereocenters. The SMILES string of the molecule is COc1ccc(OC)c([C@@H](C)NC(=O)CN(C)S(=O)(=O)c2ccc(C)cc2)c1. The molecule has 0 aliphatic heterocycles.